The van der Waals surface area contributed by atoms with Gasteiger partial charge in [-0.05, 0) is 44.7 Å². The van der Waals surface area contributed by atoms with Gasteiger partial charge in [0.1, 0.15) is 5.69 Å². The van der Waals surface area contributed by atoms with Gasteiger partial charge in [0.05, 0.1) is 5.02 Å². The van der Waals surface area contributed by atoms with E-state index in [1.165, 1.54) is 0 Å². The molecule has 0 spiro atoms. The average molecular weight is 298 g/mol. The maximum absolute atomic E-state index is 12.8. The molecule has 1 aliphatic rings. The number of carbonyl (C=O) groups is 1. The van der Waals surface area contributed by atoms with E-state index in [-0.39, 0.29) is 11.9 Å². The van der Waals surface area contributed by atoms with E-state index in [1.54, 1.807) is 6.07 Å². The molecular weight excluding hydrogens is 274 g/mol. The molecule has 1 amide bonds. The highest BCUT2D eigenvalue weighted by molar-refractivity contribution is 6.31. The van der Waals surface area contributed by atoms with E-state index in [9.17, 15) is 4.79 Å². The highest BCUT2D eigenvalue weighted by Crippen LogP contribution is 2.24. The van der Waals surface area contributed by atoms with Gasteiger partial charge < -0.3 is 15.2 Å². The van der Waals surface area contributed by atoms with Crippen molar-refractivity contribution in [2.75, 3.05) is 13.1 Å². The lowest BCUT2D eigenvalue weighted by Gasteiger charge is -2.37. The highest BCUT2D eigenvalue weighted by atomic mass is 35.5. The molecule has 0 saturated carbocycles. The molecule has 0 bridgehead atoms. The van der Waals surface area contributed by atoms with E-state index in [1.807, 2.05) is 15.7 Å². The lowest BCUT2D eigenvalue weighted by atomic mass is 9.93. The summed E-state index contributed by atoms with van der Waals surface area (Å²) in [5.74, 6) is 0.496. The molecule has 5 heteroatoms. The third-order valence-electron chi connectivity index (χ3n) is 4.12. The Morgan fingerprint density at radius 2 is 2.25 bits per heavy atom. The number of nitrogens with zero attached hydrogens (tertiary/aromatic N) is 2. The summed E-state index contributed by atoms with van der Waals surface area (Å²) in [5.41, 5.74) is 6.46. The minimum atomic E-state index is 0.0796. The Kier molecular flexibility index (Phi) is 5.11. The van der Waals surface area contributed by atoms with Crippen LogP contribution in [0.5, 0.6) is 0 Å². The Morgan fingerprint density at radius 3 is 2.90 bits per heavy atom. The third kappa shape index (κ3) is 3.18. The minimum Gasteiger partial charge on any atom is -0.342 e. The van der Waals surface area contributed by atoms with Crippen molar-refractivity contribution in [3.8, 4) is 0 Å². The lowest BCUT2D eigenvalue weighted by molar-refractivity contribution is 0.0556. The van der Waals surface area contributed by atoms with Crippen LogP contribution in [0.1, 0.15) is 43.6 Å². The van der Waals surface area contributed by atoms with Crippen molar-refractivity contribution >= 4 is 17.5 Å². The summed E-state index contributed by atoms with van der Waals surface area (Å²) in [6.07, 6.45) is 4.95. The molecule has 2 atom stereocenters. The largest absolute Gasteiger partial charge is 0.342 e. The first-order chi connectivity index (χ1) is 9.56. The quantitative estimate of drug-likeness (QED) is 0.929. The van der Waals surface area contributed by atoms with Crippen molar-refractivity contribution in [3.05, 3.63) is 23.0 Å². The molecule has 2 unspecified atom stereocenters. The van der Waals surface area contributed by atoms with Gasteiger partial charge in [-0.25, -0.2) is 0 Å². The van der Waals surface area contributed by atoms with Crippen molar-refractivity contribution in [3.63, 3.8) is 0 Å². The number of amides is 1. The fourth-order valence-corrected chi connectivity index (χ4v) is 3.11. The number of hydrogen-bond donors (Lipinski definition) is 1. The SMILES string of the molecule is CCCn1cc(Cl)cc1C(=O)N1CC(CN)CCC1C. The van der Waals surface area contributed by atoms with Gasteiger partial charge in [-0.3, -0.25) is 4.79 Å². The van der Waals surface area contributed by atoms with E-state index in [0.29, 0.717) is 23.2 Å². The predicted molar refractivity (Wildman–Crippen MR) is 82.0 cm³/mol. The second-order valence-corrected chi connectivity index (χ2v) is 6.16. The summed E-state index contributed by atoms with van der Waals surface area (Å²) in [5, 5.41) is 0.627. The van der Waals surface area contributed by atoms with Gasteiger partial charge in [0, 0.05) is 25.3 Å². The molecule has 1 saturated heterocycles. The van der Waals surface area contributed by atoms with E-state index in [0.717, 1.165) is 32.4 Å². The molecule has 0 radical (unpaired) electrons. The van der Waals surface area contributed by atoms with Gasteiger partial charge >= 0.3 is 0 Å². The number of rotatable bonds is 4. The molecular formula is C15H24ClN3O. The lowest BCUT2D eigenvalue weighted by Crippen LogP contribution is -2.47. The van der Waals surface area contributed by atoms with Crippen molar-refractivity contribution < 1.29 is 4.79 Å². The summed E-state index contributed by atoms with van der Waals surface area (Å²) in [7, 11) is 0. The first kappa shape index (κ1) is 15.4. The van der Waals surface area contributed by atoms with E-state index in [4.69, 9.17) is 17.3 Å². The Bertz CT molecular complexity index is 472. The molecule has 0 aromatic carbocycles. The van der Waals surface area contributed by atoms with Gasteiger partial charge in [0.15, 0.2) is 0 Å². The number of hydrogen-bond acceptors (Lipinski definition) is 2. The van der Waals surface area contributed by atoms with Crippen LogP contribution in [0.25, 0.3) is 0 Å². The Balaban J connectivity index is 2.21. The molecule has 0 aliphatic carbocycles. The predicted octanol–water partition coefficient (Wildman–Crippen LogP) is 2.75. The van der Waals surface area contributed by atoms with Crippen LogP contribution in [0.3, 0.4) is 0 Å². The normalized spacial score (nSPS) is 23.1. The van der Waals surface area contributed by atoms with Crippen molar-refractivity contribution in [2.45, 2.75) is 45.7 Å². The summed E-state index contributed by atoms with van der Waals surface area (Å²) in [6, 6.07) is 2.05. The number of piperidine rings is 1. The van der Waals surface area contributed by atoms with Gasteiger partial charge in [-0.1, -0.05) is 18.5 Å². The first-order valence-electron chi connectivity index (χ1n) is 7.43. The molecule has 1 aliphatic heterocycles. The summed E-state index contributed by atoms with van der Waals surface area (Å²) in [6.45, 7) is 6.42. The molecule has 2 N–H and O–H groups in total. The number of aromatic nitrogens is 1. The number of nitrogens with two attached hydrogens (primary N) is 1. The zero-order valence-electron chi connectivity index (χ0n) is 12.3. The molecule has 112 valence electrons. The minimum absolute atomic E-state index is 0.0796. The van der Waals surface area contributed by atoms with Gasteiger partial charge in [-0.2, -0.15) is 0 Å². The fourth-order valence-electron chi connectivity index (χ4n) is 2.88. The topological polar surface area (TPSA) is 51.3 Å². The Morgan fingerprint density at radius 1 is 1.50 bits per heavy atom. The van der Waals surface area contributed by atoms with Crippen molar-refractivity contribution in [1.82, 2.24) is 9.47 Å². The van der Waals surface area contributed by atoms with Crippen LogP contribution < -0.4 is 5.73 Å². The van der Waals surface area contributed by atoms with Crippen molar-refractivity contribution in [1.29, 1.82) is 0 Å². The summed E-state index contributed by atoms with van der Waals surface area (Å²) in [4.78, 5) is 14.7. The van der Waals surface area contributed by atoms with Crippen LogP contribution in [-0.2, 0) is 6.54 Å². The summed E-state index contributed by atoms with van der Waals surface area (Å²) >= 11 is 6.07. The maximum atomic E-state index is 12.8. The monoisotopic (exact) mass is 297 g/mol. The van der Waals surface area contributed by atoms with Crippen LogP contribution in [-0.4, -0.2) is 34.5 Å². The van der Waals surface area contributed by atoms with Crippen LogP contribution in [0.2, 0.25) is 5.02 Å². The smallest absolute Gasteiger partial charge is 0.270 e. The zero-order chi connectivity index (χ0) is 14.7. The number of aryl methyl sites for hydroxylation is 1. The van der Waals surface area contributed by atoms with Crippen molar-refractivity contribution in [2.24, 2.45) is 11.7 Å². The van der Waals surface area contributed by atoms with E-state index in [2.05, 4.69) is 13.8 Å². The number of halogens is 1. The second-order valence-electron chi connectivity index (χ2n) is 5.72. The second kappa shape index (κ2) is 6.64. The van der Waals surface area contributed by atoms with Gasteiger partial charge in [-0.15, -0.1) is 0 Å². The molecule has 1 fully saturated rings. The van der Waals surface area contributed by atoms with Crippen LogP contribution in [0.15, 0.2) is 12.3 Å². The van der Waals surface area contributed by atoms with Gasteiger partial charge in [0.25, 0.3) is 5.91 Å². The fraction of sp³-hybridized carbons (Fsp3) is 0.667. The maximum Gasteiger partial charge on any atom is 0.270 e. The van der Waals surface area contributed by atoms with Crippen LogP contribution >= 0.6 is 11.6 Å². The molecule has 2 rings (SSSR count). The Hall–Kier alpha value is -1.00. The van der Waals surface area contributed by atoms with Gasteiger partial charge in [0.2, 0.25) is 0 Å². The highest BCUT2D eigenvalue weighted by Gasteiger charge is 2.30. The number of likely N-dealkylation sites (tertiary alicyclic amines) is 1. The molecule has 1 aromatic rings. The first-order valence-corrected chi connectivity index (χ1v) is 7.81. The summed E-state index contributed by atoms with van der Waals surface area (Å²) < 4.78 is 1.96. The van der Waals surface area contributed by atoms with E-state index >= 15 is 0 Å². The Labute approximate surface area is 125 Å². The van der Waals surface area contributed by atoms with Crippen LogP contribution in [0, 0.1) is 5.92 Å². The van der Waals surface area contributed by atoms with E-state index < -0.39 is 0 Å². The molecule has 4 nitrogen and oxygen atoms in total. The third-order valence-corrected chi connectivity index (χ3v) is 4.33. The average Bonchev–Trinajstić information content (AvgIpc) is 2.80. The molecule has 1 aromatic heterocycles. The van der Waals surface area contributed by atoms with Crippen LogP contribution in [0.4, 0.5) is 0 Å². The molecule has 20 heavy (non-hydrogen) atoms. The molecule has 2 heterocycles. The zero-order valence-corrected chi connectivity index (χ0v) is 13.1. The standard InChI is InChI=1S/C15H24ClN3O/c1-3-6-18-10-13(16)7-14(18)15(20)19-9-12(8-17)5-4-11(19)2/h7,10-12H,3-6,8-9,17H2,1-2H3. The number of carbonyl (C=O) groups excluding carboxylic acids is 1.